The molecule has 0 aliphatic carbocycles. The van der Waals surface area contributed by atoms with Crippen LogP contribution in [0.25, 0.3) is 0 Å². The maximum Gasteiger partial charge on any atom is 0.123 e. The Morgan fingerprint density at radius 3 is 2.50 bits per heavy atom. The van der Waals surface area contributed by atoms with Gasteiger partial charge in [-0.1, -0.05) is 23.7 Å². The quantitative estimate of drug-likeness (QED) is 0.895. The molecule has 2 aromatic rings. The molecule has 0 spiro atoms. The highest BCUT2D eigenvalue weighted by Crippen LogP contribution is 2.26. The highest BCUT2D eigenvalue weighted by atomic mass is 35.5. The van der Waals surface area contributed by atoms with Crippen LogP contribution >= 0.6 is 11.6 Å². The molecule has 0 aliphatic rings. The number of hydrogen-bond acceptors (Lipinski definition) is 1. The van der Waals surface area contributed by atoms with Crippen molar-refractivity contribution in [3.05, 3.63) is 70.2 Å². The van der Waals surface area contributed by atoms with Crippen LogP contribution in [0.4, 0.5) is 8.78 Å². The van der Waals surface area contributed by atoms with Gasteiger partial charge < -0.3 is 5.11 Å². The van der Waals surface area contributed by atoms with Gasteiger partial charge in [0.15, 0.2) is 0 Å². The molecule has 2 aromatic carbocycles. The first kappa shape index (κ1) is 13.0. The summed E-state index contributed by atoms with van der Waals surface area (Å²) in [5.74, 6) is -0.835. The van der Waals surface area contributed by atoms with Gasteiger partial charge >= 0.3 is 0 Å². The number of rotatable bonds is 3. The van der Waals surface area contributed by atoms with Gasteiger partial charge in [0, 0.05) is 17.0 Å². The van der Waals surface area contributed by atoms with Gasteiger partial charge in [-0.25, -0.2) is 8.78 Å². The Labute approximate surface area is 109 Å². The minimum Gasteiger partial charge on any atom is -0.388 e. The first-order valence-corrected chi connectivity index (χ1v) is 5.81. The smallest absolute Gasteiger partial charge is 0.123 e. The summed E-state index contributed by atoms with van der Waals surface area (Å²) in [6, 6.07) is 9.71. The zero-order valence-electron chi connectivity index (χ0n) is 9.41. The van der Waals surface area contributed by atoms with E-state index in [0.29, 0.717) is 16.1 Å². The number of hydrogen-bond donors (Lipinski definition) is 1. The van der Waals surface area contributed by atoms with Crippen molar-refractivity contribution in [3.63, 3.8) is 0 Å². The molecule has 94 valence electrons. The molecule has 0 heterocycles. The van der Waals surface area contributed by atoms with E-state index in [1.54, 1.807) is 12.1 Å². The first-order chi connectivity index (χ1) is 8.56. The summed E-state index contributed by atoms with van der Waals surface area (Å²) < 4.78 is 26.1. The lowest BCUT2D eigenvalue weighted by molar-refractivity contribution is 0.178. The lowest BCUT2D eigenvalue weighted by Crippen LogP contribution is -2.03. The molecule has 18 heavy (non-hydrogen) atoms. The predicted molar refractivity (Wildman–Crippen MR) is 66.5 cm³/mol. The molecule has 0 saturated heterocycles. The summed E-state index contributed by atoms with van der Waals surface area (Å²) in [4.78, 5) is 0. The normalized spacial score (nSPS) is 12.4. The minimum atomic E-state index is -0.963. The van der Waals surface area contributed by atoms with E-state index in [0.717, 1.165) is 0 Å². The summed E-state index contributed by atoms with van der Waals surface area (Å²) in [7, 11) is 0. The van der Waals surface area contributed by atoms with Crippen LogP contribution < -0.4 is 0 Å². The third-order valence-corrected chi connectivity index (χ3v) is 2.98. The third-order valence-electron chi connectivity index (χ3n) is 2.64. The van der Waals surface area contributed by atoms with Gasteiger partial charge in [0.2, 0.25) is 0 Å². The first-order valence-electron chi connectivity index (χ1n) is 5.44. The third kappa shape index (κ3) is 3.06. The molecule has 1 nitrogen and oxygen atoms in total. The summed E-state index contributed by atoms with van der Waals surface area (Å²) in [5, 5.41) is 10.3. The van der Waals surface area contributed by atoms with Gasteiger partial charge in [0.1, 0.15) is 11.6 Å². The molecular weight excluding hydrogens is 258 g/mol. The van der Waals surface area contributed by atoms with E-state index in [1.165, 1.54) is 30.3 Å². The maximum atomic E-state index is 13.1. The summed E-state index contributed by atoms with van der Waals surface area (Å²) >= 11 is 5.89. The standard InChI is InChI=1S/C14H11ClF2O/c15-13-5-4-11(17)8-12(13)14(18)7-9-2-1-3-10(16)6-9/h1-6,8,14,18H,7H2. The summed E-state index contributed by atoms with van der Waals surface area (Å²) in [6.45, 7) is 0. The highest BCUT2D eigenvalue weighted by molar-refractivity contribution is 6.31. The molecule has 0 amide bonds. The fraction of sp³-hybridized carbons (Fsp3) is 0.143. The fourth-order valence-corrected chi connectivity index (χ4v) is 2.01. The zero-order valence-corrected chi connectivity index (χ0v) is 10.2. The minimum absolute atomic E-state index is 0.181. The topological polar surface area (TPSA) is 20.2 Å². The fourth-order valence-electron chi connectivity index (χ4n) is 1.77. The van der Waals surface area contributed by atoms with E-state index >= 15 is 0 Å². The van der Waals surface area contributed by atoms with E-state index in [4.69, 9.17) is 11.6 Å². The summed E-state index contributed by atoms with van der Waals surface area (Å²) in [6.07, 6.45) is -0.781. The predicted octanol–water partition coefficient (Wildman–Crippen LogP) is 3.89. The van der Waals surface area contributed by atoms with Crippen LogP contribution in [0.2, 0.25) is 5.02 Å². The van der Waals surface area contributed by atoms with Crippen molar-refractivity contribution in [1.82, 2.24) is 0 Å². The van der Waals surface area contributed by atoms with Gasteiger partial charge in [-0.15, -0.1) is 0 Å². The number of benzene rings is 2. The Balaban J connectivity index is 2.21. The SMILES string of the molecule is OC(Cc1cccc(F)c1)c1cc(F)ccc1Cl. The van der Waals surface area contributed by atoms with Crippen LogP contribution in [-0.2, 0) is 6.42 Å². The molecule has 0 fully saturated rings. The lowest BCUT2D eigenvalue weighted by atomic mass is 10.0. The maximum absolute atomic E-state index is 13.1. The van der Waals surface area contributed by atoms with E-state index in [-0.39, 0.29) is 12.2 Å². The molecule has 0 bridgehead atoms. The van der Waals surface area contributed by atoms with Crippen molar-refractivity contribution < 1.29 is 13.9 Å². The van der Waals surface area contributed by atoms with Gasteiger partial charge in [-0.2, -0.15) is 0 Å². The highest BCUT2D eigenvalue weighted by Gasteiger charge is 2.13. The molecule has 0 aliphatic heterocycles. The molecule has 1 unspecified atom stereocenters. The molecule has 0 saturated carbocycles. The van der Waals surface area contributed by atoms with E-state index < -0.39 is 11.9 Å². The Morgan fingerprint density at radius 2 is 1.78 bits per heavy atom. The lowest BCUT2D eigenvalue weighted by Gasteiger charge is -2.13. The average Bonchev–Trinajstić information content (AvgIpc) is 2.32. The largest absolute Gasteiger partial charge is 0.388 e. The molecule has 1 atom stereocenters. The molecule has 0 radical (unpaired) electrons. The van der Waals surface area contributed by atoms with E-state index in [9.17, 15) is 13.9 Å². The van der Waals surface area contributed by atoms with Crippen molar-refractivity contribution in [2.45, 2.75) is 12.5 Å². The van der Waals surface area contributed by atoms with Crippen molar-refractivity contribution in [2.24, 2.45) is 0 Å². The Bertz CT molecular complexity index is 557. The van der Waals surface area contributed by atoms with Gasteiger partial charge in [0.25, 0.3) is 0 Å². The molecular formula is C14H11ClF2O. The molecule has 1 N–H and O–H groups in total. The van der Waals surface area contributed by atoms with Crippen molar-refractivity contribution in [1.29, 1.82) is 0 Å². The van der Waals surface area contributed by atoms with E-state index in [2.05, 4.69) is 0 Å². The van der Waals surface area contributed by atoms with Gasteiger partial charge in [-0.3, -0.25) is 0 Å². The Morgan fingerprint density at radius 1 is 1.06 bits per heavy atom. The number of halogens is 3. The average molecular weight is 269 g/mol. The van der Waals surface area contributed by atoms with Crippen LogP contribution in [0.3, 0.4) is 0 Å². The van der Waals surface area contributed by atoms with Crippen molar-refractivity contribution >= 4 is 11.6 Å². The second-order valence-electron chi connectivity index (χ2n) is 4.02. The zero-order chi connectivity index (χ0) is 13.1. The molecule has 2 rings (SSSR count). The van der Waals surface area contributed by atoms with E-state index in [1.807, 2.05) is 0 Å². The van der Waals surface area contributed by atoms with Gasteiger partial charge in [-0.05, 0) is 35.9 Å². The second kappa shape index (κ2) is 5.46. The second-order valence-corrected chi connectivity index (χ2v) is 4.42. The van der Waals surface area contributed by atoms with Crippen LogP contribution in [-0.4, -0.2) is 5.11 Å². The Hall–Kier alpha value is -1.45. The summed E-state index contributed by atoms with van der Waals surface area (Å²) in [5.41, 5.74) is 0.934. The number of aliphatic hydroxyl groups is 1. The van der Waals surface area contributed by atoms with Crippen LogP contribution in [0.5, 0.6) is 0 Å². The van der Waals surface area contributed by atoms with Crippen molar-refractivity contribution in [2.75, 3.05) is 0 Å². The van der Waals surface area contributed by atoms with Crippen LogP contribution in [0, 0.1) is 11.6 Å². The molecule has 0 aromatic heterocycles. The van der Waals surface area contributed by atoms with Crippen LogP contribution in [0.1, 0.15) is 17.2 Å². The van der Waals surface area contributed by atoms with Crippen molar-refractivity contribution in [3.8, 4) is 0 Å². The molecule has 4 heteroatoms. The number of aliphatic hydroxyl groups excluding tert-OH is 1. The monoisotopic (exact) mass is 268 g/mol. The van der Waals surface area contributed by atoms with Gasteiger partial charge in [0.05, 0.1) is 6.10 Å². The Kier molecular flexibility index (Phi) is 3.94. The van der Waals surface area contributed by atoms with Crippen LogP contribution in [0.15, 0.2) is 42.5 Å².